The zero-order chi connectivity index (χ0) is 28.8. The highest BCUT2D eigenvalue weighted by molar-refractivity contribution is 6.12. The molecule has 2 heterocycles. The van der Waals surface area contributed by atoms with E-state index in [0.717, 1.165) is 0 Å². The van der Waals surface area contributed by atoms with Gasteiger partial charge in [-0.1, -0.05) is 24.3 Å². The summed E-state index contributed by atoms with van der Waals surface area (Å²) < 4.78 is 10.5. The minimum absolute atomic E-state index is 0.121. The Morgan fingerprint density at radius 1 is 0.650 bits per heavy atom. The Morgan fingerprint density at radius 3 is 1.40 bits per heavy atom. The van der Waals surface area contributed by atoms with Gasteiger partial charge >= 0.3 is 0 Å². The van der Waals surface area contributed by atoms with Crippen molar-refractivity contribution in [3.8, 4) is 11.5 Å². The number of imide groups is 2. The van der Waals surface area contributed by atoms with Crippen LogP contribution in [0.5, 0.6) is 11.5 Å². The molecule has 2 N–H and O–H groups in total. The van der Waals surface area contributed by atoms with Crippen molar-refractivity contribution in [1.29, 1.82) is 0 Å². The molecule has 2 aliphatic rings. The van der Waals surface area contributed by atoms with Crippen molar-refractivity contribution < 1.29 is 28.7 Å². The van der Waals surface area contributed by atoms with Gasteiger partial charge in [-0.2, -0.15) is 20.5 Å². The maximum absolute atomic E-state index is 12.7. The molecule has 0 saturated heterocycles. The van der Waals surface area contributed by atoms with Gasteiger partial charge < -0.3 is 9.47 Å². The summed E-state index contributed by atoms with van der Waals surface area (Å²) in [6.07, 6.45) is 0.243. The van der Waals surface area contributed by atoms with Crippen LogP contribution in [0.4, 0.5) is 11.4 Å². The molecule has 0 fully saturated rings. The highest BCUT2D eigenvalue weighted by Gasteiger charge is 2.35. The first-order valence-corrected chi connectivity index (χ1v) is 12.4. The van der Waals surface area contributed by atoms with Crippen LogP contribution in [0.25, 0.3) is 0 Å². The summed E-state index contributed by atoms with van der Waals surface area (Å²) in [6, 6.07) is 11.8. The minimum Gasteiger partial charge on any atom is -0.494 e. The second kappa shape index (κ2) is 12.2. The van der Waals surface area contributed by atoms with Gasteiger partial charge in [-0.3, -0.25) is 29.8 Å². The Hall–Kier alpha value is -5.00. The van der Waals surface area contributed by atoms with Crippen molar-refractivity contribution >= 4 is 35.0 Å². The number of ether oxygens (including phenoxy) is 2. The third-order valence-electron chi connectivity index (χ3n) is 6.65. The lowest BCUT2D eigenvalue weighted by atomic mass is 9.89. The van der Waals surface area contributed by atoms with E-state index < -0.39 is 35.7 Å². The molecule has 206 valence electrons. The lowest BCUT2D eigenvalue weighted by Crippen LogP contribution is -2.45. The zero-order valence-corrected chi connectivity index (χ0v) is 22.4. The Kier molecular flexibility index (Phi) is 8.57. The number of amides is 4. The lowest BCUT2D eigenvalue weighted by molar-refractivity contribution is -0.131. The van der Waals surface area contributed by atoms with Crippen LogP contribution in [0.1, 0.15) is 26.7 Å². The molecule has 0 saturated carbocycles. The Bertz CT molecular complexity index is 1380. The van der Waals surface area contributed by atoms with Gasteiger partial charge in [-0.25, -0.2) is 0 Å². The predicted molar refractivity (Wildman–Crippen MR) is 144 cm³/mol. The van der Waals surface area contributed by atoms with Crippen molar-refractivity contribution in [1.82, 2.24) is 10.6 Å². The molecule has 40 heavy (non-hydrogen) atoms. The fourth-order valence-electron chi connectivity index (χ4n) is 4.41. The van der Waals surface area contributed by atoms with Crippen LogP contribution in [0.2, 0.25) is 0 Å². The molecule has 2 aromatic carbocycles. The first-order valence-electron chi connectivity index (χ1n) is 12.4. The SMILES string of the molecule is COc1ccccc1N=NC1C(=O)NC(=O)C(CCC2=C(C)C(N=Nc3ccccc3OC)C(=O)NC2=O)=C1C. The fourth-order valence-corrected chi connectivity index (χ4v) is 4.41. The molecule has 12 nitrogen and oxygen atoms in total. The van der Waals surface area contributed by atoms with E-state index >= 15 is 0 Å². The highest BCUT2D eigenvalue weighted by Crippen LogP contribution is 2.31. The minimum atomic E-state index is -1.03. The summed E-state index contributed by atoms with van der Waals surface area (Å²) in [4.78, 5) is 50.6. The van der Waals surface area contributed by atoms with Gasteiger partial charge in [0.25, 0.3) is 23.6 Å². The predicted octanol–water partition coefficient (Wildman–Crippen LogP) is 4.03. The number of hydrogen-bond donors (Lipinski definition) is 2. The highest BCUT2D eigenvalue weighted by atomic mass is 16.5. The van der Waals surface area contributed by atoms with Gasteiger partial charge in [0.1, 0.15) is 22.9 Å². The molecule has 2 unspecified atom stereocenters. The second-order valence-electron chi connectivity index (χ2n) is 9.04. The monoisotopic (exact) mass is 544 g/mol. The maximum Gasteiger partial charge on any atom is 0.257 e. The van der Waals surface area contributed by atoms with Crippen molar-refractivity contribution in [2.45, 2.75) is 38.8 Å². The molecule has 12 heteroatoms. The molecular weight excluding hydrogens is 516 g/mol. The van der Waals surface area contributed by atoms with E-state index in [1.54, 1.807) is 62.4 Å². The smallest absolute Gasteiger partial charge is 0.257 e. The van der Waals surface area contributed by atoms with Gasteiger partial charge in [0, 0.05) is 11.1 Å². The summed E-state index contributed by atoms with van der Waals surface area (Å²) in [5.41, 5.74) is 2.32. The molecule has 2 atom stereocenters. The van der Waals surface area contributed by atoms with Crippen molar-refractivity contribution in [3.05, 3.63) is 70.8 Å². The summed E-state index contributed by atoms with van der Waals surface area (Å²) in [6.45, 7) is 3.27. The number of methoxy groups -OCH3 is 2. The number of carbonyl (C=O) groups is 4. The number of nitrogens with one attached hydrogen (secondary N) is 2. The van der Waals surface area contributed by atoms with E-state index in [9.17, 15) is 19.2 Å². The van der Waals surface area contributed by atoms with Crippen LogP contribution in [-0.4, -0.2) is 49.9 Å². The number of rotatable bonds is 9. The first-order chi connectivity index (χ1) is 19.2. The summed E-state index contributed by atoms with van der Waals surface area (Å²) in [5, 5.41) is 21.3. The van der Waals surface area contributed by atoms with Crippen LogP contribution in [0.15, 0.2) is 91.3 Å². The van der Waals surface area contributed by atoms with E-state index in [1.807, 2.05) is 0 Å². The molecule has 4 rings (SSSR count). The average Bonchev–Trinajstić information content (AvgIpc) is 2.94. The number of benzene rings is 2. The third-order valence-corrected chi connectivity index (χ3v) is 6.65. The number of hydrogen-bond acceptors (Lipinski definition) is 10. The molecule has 0 aliphatic carbocycles. The number of nitrogens with zero attached hydrogens (tertiary/aromatic N) is 4. The second-order valence-corrected chi connectivity index (χ2v) is 9.04. The van der Waals surface area contributed by atoms with E-state index in [1.165, 1.54) is 14.2 Å². The Morgan fingerprint density at radius 2 is 1.02 bits per heavy atom. The molecule has 2 aliphatic heterocycles. The van der Waals surface area contributed by atoms with Crippen molar-refractivity contribution in [3.63, 3.8) is 0 Å². The fraction of sp³-hybridized carbons (Fsp3) is 0.286. The van der Waals surface area contributed by atoms with E-state index in [2.05, 4.69) is 31.1 Å². The molecule has 4 amide bonds. The quantitative estimate of drug-likeness (QED) is 0.358. The number of carbonyl (C=O) groups excluding carboxylic acids is 4. The van der Waals surface area contributed by atoms with Gasteiger partial charge in [-0.05, 0) is 62.1 Å². The molecule has 0 aromatic heterocycles. The topological polar surface area (TPSA) is 160 Å². The van der Waals surface area contributed by atoms with E-state index in [-0.39, 0.29) is 12.8 Å². The molecular formula is C28H28N6O6. The summed E-state index contributed by atoms with van der Waals surface area (Å²) in [5.74, 6) is -1.36. The maximum atomic E-state index is 12.7. The first kappa shape index (κ1) is 28.0. The van der Waals surface area contributed by atoms with Crippen LogP contribution >= 0.6 is 0 Å². The Labute approximate surface area is 230 Å². The third kappa shape index (κ3) is 5.85. The summed E-state index contributed by atoms with van der Waals surface area (Å²) in [7, 11) is 3.00. The molecule has 2 aromatic rings. The number of para-hydroxylation sites is 2. The van der Waals surface area contributed by atoms with Crippen LogP contribution in [0.3, 0.4) is 0 Å². The van der Waals surface area contributed by atoms with Crippen LogP contribution in [-0.2, 0) is 19.2 Å². The van der Waals surface area contributed by atoms with E-state index in [0.29, 0.717) is 45.2 Å². The standard InChI is InChI=1S/C28H28N6O6/c1-15-17(25(35)29-27(37)23(15)33-31-19-9-5-7-11-21(19)39-3)13-14-18-16(2)24(28(38)30-26(18)36)34-32-20-10-6-8-12-22(20)40-4/h5-12,23-24H,13-14H2,1-4H3,(H,29,35,37)(H,30,36,38). The lowest BCUT2D eigenvalue weighted by Gasteiger charge is -2.24. The average molecular weight is 545 g/mol. The van der Waals surface area contributed by atoms with Gasteiger partial charge in [0.15, 0.2) is 12.1 Å². The number of azo groups is 2. The van der Waals surface area contributed by atoms with Crippen molar-refractivity contribution in [2.75, 3.05) is 14.2 Å². The van der Waals surface area contributed by atoms with Crippen LogP contribution < -0.4 is 20.1 Å². The van der Waals surface area contributed by atoms with E-state index in [4.69, 9.17) is 9.47 Å². The normalized spacial score (nSPS) is 19.9. The van der Waals surface area contributed by atoms with Crippen LogP contribution in [0, 0.1) is 0 Å². The van der Waals surface area contributed by atoms with Crippen molar-refractivity contribution in [2.24, 2.45) is 20.5 Å². The van der Waals surface area contributed by atoms with Gasteiger partial charge in [0.05, 0.1) is 14.2 Å². The molecule has 0 bridgehead atoms. The molecule has 0 spiro atoms. The Balaban J connectivity index is 1.58. The van der Waals surface area contributed by atoms with Gasteiger partial charge in [-0.15, -0.1) is 0 Å². The largest absolute Gasteiger partial charge is 0.494 e. The zero-order valence-electron chi connectivity index (χ0n) is 22.4. The summed E-state index contributed by atoms with van der Waals surface area (Å²) >= 11 is 0. The molecule has 0 radical (unpaired) electrons. The van der Waals surface area contributed by atoms with Gasteiger partial charge in [0.2, 0.25) is 0 Å².